The molecule has 90 valence electrons. The van der Waals surface area contributed by atoms with Gasteiger partial charge in [-0.25, -0.2) is 0 Å². The smallest absolute Gasteiger partial charge is 0.239 e. The number of thioether (sulfide) groups is 1. The zero-order valence-electron chi connectivity index (χ0n) is 9.87. The molecule has 4 heteroatoms. The van der Waals surface area contributed by atoms with Gasteiger partial charge in [-0.05, 0) is 19.4 Å². The molecule has 0 aliphatic carbocycles. The van der Waals surface area contributed by atoms with Gasteiger partial charge in [0.05, 0.1) is 11.8 Å². The molecule has 3 nitrogen and oxygen atoms in total. The van der Waals surface area contributed by atoms with E-state index in [1.54, 1.807) is 11.8 Å². The Morgan fingerprint density at radius 2 is 2.50 bits per heavy atom. The van der Waals surface area contributed by atoms with Crippen molar-refractivity contribution in [2.75, 3.05) is 31.1 Å². The van der Waals surface area contributed by atoms with Gasteiger partial charge < -0.3 is 10.2 Å². The van der Waals surface area contributed by atoms with Crippen molar-refractivity contribution < 1.29 is 4.79 Å². The molecule has 1 aliphatic rings. The normalized spacial score (nSPS) is 20.1. The first-order chi connectivity index (χ1) is 7.79. The predicted molar refractivity (Wildman–Crippen MR) is 69.4 cm³/mol. The Bertz CT molecular complexity index is 262. The van der Waals surface area contributed by atoms with E-state index in [0.29, 0.717) is 0 Å². The van der Waals surface area contributed by atoms with E-state index >= 15 is 0 Å². The molecule has 0 spiro atoms. The van der Waals surface area contributed by atoms with Crippen LogP contribution < -0.4 is 5.32 Å². The van der Waals surface area contributed by atoms with E-state index < -0.39 is 0 Å². The van der Waals surface area contributed by atoms with Crippen molar-refractivity contribution in [1.29, 1.82) is 0 Å². The Morgan fingerprint density at radius 3 is 3.19 bits per heavy atom. The minimum Gasteiger partial charge on any atom is -0.340 e. The number of carbonyl (C=O) groups is 1. The molecule has 1 heterocycles. The Kier molecular flexibility index (Phi) is 6.36. The van der Waals surface area contributed by atoms with Gasteiger partial charge in [0.2, 0.25) is 5.91 Å². The van der Waals surface area contributed by atoms with Crippen molar-refractivity contribution in [2.45, 2.75) is 25.8 Å². The molecule has 1 fully saturated rings. The number of hydrogen-bond acceptors (Lipinski definition) is 3. The maximum absolute atomic E-state index is 11.9. The summed E-state index contributed by atoms with van der Waals surface area (Å²) < 4.78 is 0. The molecule has 1 atom stereocenters. The summed E-state index contributed by atoms with van der Waals surface area (Å²) in [5, 5.41) is 3.28. The Morgan fingerprint density at radius 1 is 1.69 bits per heavy atom. The van der Waals surface area contributed by atoms with E-state index in [1.807, 2.05) is 4.90 Å². The molecule has 1 amide bonds. The lowest BCUT2D eigenvalue weighted by Crippen LogP contribution is -2.39. The predicted octanol–water partition coefficient (Wildman–Crippen LogP) is 0.953. The van der Waals surface area contributed by atoms with Crippen molar-refractivity contribution in [3.05, 3.63) is 0 Å². The highest BCUT2D eigenvalue weighted by Gasteiger charge is 2.30. The van der Waals surface area contributed by atoms with Crippen LogP contribution in [-0.4, -0.2) is 48.0 Å². The number of nitrogens with one attached hydrogen (secondary N) is 1. The Labute approximate surface area is 102 Å². The number of hydrogen-bond donors (Lipinski definition) is 1. The molecule has 1 rings (SSSR count). The van der Waals surface area contributed by atoms with Gasteiger partial charge >= 0.3 is 0 Å². The monoisotopic (exact) mass is 240 g/mol. The van der Waals surface area contributed by atoms with Crippen molar-refractivity contribution in [2.24, 2.45) is 0 Å². The third kappa shape index (κ3) is 4.07. The minimum absolute atomic E-state index is 0.0533. The first kappa shape index (κ1) is 13.4. The van der Waals surface area contributed by atoms with Crippen LogP contribution in [-0.2, 0) is 4.79 Å². The van der Waals surface area contributed by atoms with Crippen LogP contribution in [0.1, 0.15) is 19.8 Å². The number of amides is 1. The van der Waals surface area contributed by atoms with Crippen LogP contribution in [0.5, 0.6) is 0 Å². The van der Waals surface area contributed by atoms with Gasteiger partial charge in [-0.1, -0.05) is 12.8 Å². The van der Waals surface area contributed by atoms with Gasteiger partial charge in [-0.15, -0.1) is 18.2 Å². The number of carbonyl (C=O) groups excluding carboxylic acids is 1. The average molecular weight is 240 g/mol. The summed E-state index contributed by atoms with van der Waals surface area (Å²) in [6.45, 7) is 4.75. The minimum atomic E-state index is 0.0533. The molecule has 1 aliphatic heterocycles. The fraction of sp³-hybridized carbons (Fsp3) is 0.750. The third-order valence-corrected chi connectivity index (χ3v) is 3.47. The van der Waals surface area contributed by atoms with Crippen LogP contribution in [0.3, 0.4) is 0 Å². The lowest BCUT2D eigenvalue weighted by Gasteiger charge is -2.16. The second-order valence-corrected chi connectivity index (χ2v) is 4.98. The molecular weight excluding hydrogens is 220 g/mol. The van der Waals surface area contributed by atoms with Crippen LogP contribution >= 0.6 is 11.8 Å². The van der Waals surface area contributed by atoms with Crippen LogP contribution in [0, 0.1) is 12.3 Å². The van der Waals surface area contributed by atoms with Crippen LogP contribution in [0.15, 0.2) is 0 Å². The van der Waals surface area contributed by atoms with Crippen LogP contribution in [0.2, 0.25) is 0 Å². The van der Waals surface area contributed by atoms with Crippen molar-refractivity contribution in [3.63, 3.8) is 0 Å². The molecule has 1 unspecified atom stereocenters. The lowest BCUT2D eigenvalue weighted by atomic mass is 10.2. The first-order valence-corrected chi connectivity index (χ1v) is 6.98. The van der Waals surface area contributed by atoms with E-state index in [4.69, 9.17) is 6.42 Å². The third-order valence-electron chi connectivity index (χ3n) is 2.63. The number of rotatable bonds is 7. The SMILES string of the molecule is C#CCSCCN1CCC(NCCC)C1=O. The summed E-state index contributed by atoms with van der Waals surface area (Å²) in [7, 11) is 0. The second-order valence-electron chi connectivity index (χ2n) is 3.88. The zero-order valence-corrected chi connectivity index (χ0v) is 10.7. The maximum Gasteiger partial charge on any atom is 0.239 e. The summed E-state index contributed by atoms with van der Waals surface area (Å²) >= 11 is 1.71. The van der Waals surface area contributed by atoms with Gasteiger partial charge in [-0.2, -0.15) is 0 Å². The molecule has 0 bridgehead atoms. The summed E-state index contributed by atoms with van der Waals surface area (Å²) in [4.78, 5) is 13.8. The van der Waals surface area contributed by atoms with Crippen molar-refractivity contribution in [1.82, 2.24) is 10.2 Å². The molecule has 0 aromatic rings. The highest BCUT2D eigenvalue weighted by molar-refractivity contribution is 7.99. The topological polar surface area (TPSA) is 32.3 Å². The zero-order chi connectivity index (χ0) is 11.8. The molecule has 16 heavy (non-hydrogen) atoms. The second kappa shape index (κ2) is 7.59. The highest BCUT2D eigenvalue weighted by atomic mass is 32.2. The molecule has 0 aromatic heterocycles. The largest absolute Gasteiger partial charge is 0.340 e. The summed E-state index contributed by atoms with van der Waals surface area (Å²) in [6, 6.07) is 0.0533. The van der Waals surface area contributed by atoms with Gasteiger partial charge in [0.1, 0.15) is 0 Å². The number of terminal acetylenes is 1. The molecule has 0 saturated carbocycles. The Balaban J connectivity index is 2.20. The molecular formula is C12H20N2OS. The highest BCUT2D eigenvalue weighted by Crippen LogP contribution is 2.12. The average Bonchev–Trinajstić information content (AvgIpc) is 2.64. The standard InChI is InChI=1S/C12H20N2OS/c1-3-6-13-11-5-7-14(12(11)15)8-10-16-9-4-2/h2,11,13H,3,5-10H2,1H3. The lowest BCUT2D eigenvalue weighted by molar-refractivity contribution is -0.129. The van der Waals surface area contributed by atoms with Crippen molar-refractivity contribution in [3.8, 4) is 12.3 Å². The van der Waals surface area contributed by atoms with E-state index in [9.17, 15) is 4.79 Å². The van der Waals surface area contributed by atoms with Gasteiger partial charge in [-0.3, -0.25) is 4.79 Å². The van der Waals surface area contributed by atoms with Gasteiger partial charge in [0.15, 0.2) is 0 Å². The molecule has 1 N–H and O–H groups in total. The fourth-order valence-electron chi connectivity index (χ4n) is 1.77. The summed E-state index contributed by atoms with van der Waals surface area (Å²) in [5.74, 6) is 4.52. The van der Waals surface area contributed by atoms with Crippen molar-refractivity contribution >= 4 is 17.7 Å². The Hall–Kier alpha value is -0.660. The van der Waals surface area contributed by atoms with Crippen LogP contribution in [0.4, 0.5) is 0 Å². The van der Waals surface area contributed by atoms with E-state index in [0.717, 1.165) is 44.0 Å². The quantitative estimate of drug-likeness (QED) is 0.531. The van der Waals surface area contributed by atoms with E-state index in [2.05, 4.69) is 18.2 Å². The van der Waals surface area contributed by atoms with Gasteiger partial charge in [0, 0.05) is 18.8 Å². The number of nitrogens with zero attached hydrogens (tertiary/aromatic N) is 1. The maximum atomic E-state index is 11.9. The molecule has 0 radical (unpaired) electrons. The molecule has 1 saturated heterocycles. The van der Waals surface area contributed by atoms with Gasteiger partial charge in [0.25, 0.3) is 0 Å². The number of likely N-dealkylation sites (tertiary alicyclic amines) is 1. The molecule has 0 aromatic carbocycles. The summed E-state index contributed by atoms with van der Waals surface area (Å²) in [6.07, 6.45) is 7.18. The van der Waals surface area contributed by atoms with E-state index in [-0.39, 0.29) is 11.9 Å². The van der Waals surface area contributed by atoms with Crippen LogP contribution in [0.25, 0.3) is 0 Å². The fourth-order valence-corrected chi connectivity index (χ4v) is 2.39. The summed E-state index contributed by atoms with van der Waals surface area (Å²) in [5.41, 5.74) is 0. The van der Waals surface area contributed by atoms with E-state index in [1.165, 1.54) is 0 Å². The first-order valence-electron chi connectivity index (χ1n) is 5.83.